The Hall–Kier alpha value is -1.58. The fourth-order valence-electron chi connectivity index (χ4n) is 3.07. The van der Waals surface area contributed by atoms with Gasteiger partial charge in [-0.25, -0.2) is 9.18 Å². The quantitative estimate of drug-likeness (QED) is 0.832. The second kappa shape index (κ2) is 7.43. The number of carbonyl (C=O) groups excluding carboxylic acids is 1. The minimum absolute atomic E-state index is 0.230. The van der Waals surface area contributed by atoms with Crippen LogP contribution in [0.2, 0.25) is 0 Å². The second-order valence-corrected chi connectivity index (χ2v) is 5.79. The van der Waals surface area contributed by atoms with Crippen LogP contribution in [0.3, 0.4) is 0 Å². The van der Waals surface area contributed by atoms with Crippen LogP contribution in [0.1, 0.15) is 44.6 Å². The van der Waals surface area contributed by atoms with E-state index < -0.39 is 0 Å². The molecular weight excluding hydrogens is 269 g/mol. The summed E-state index contributed by atoms with van der Waals surface area (Å²) in [5, 5.41) is 3.20. The minimum atomic E-state index is -0.383. The number of hydrogen-bond acceptors (Lipinski definition) is 3. The summed E-state index contributed by atoms with van der Waals surface area (Å²) in [6.45, 7) is 4.02. The first kappa shape index (κ1) is 15.8. The van der Waals surface area contributed by atoms with E-state index in [1.165, 1.54) is 18.6 Å². The molecule has 4 heteroatoms. The van der Waals surface area contributed by atoms with Gasteiger partial charge in [-0.15, -0.1) is 0 Å². The van der Waals surface area contributed by atoms with Crippen LogP contribution >= 0.6 is 0 Å². The molecule has 1 aromatic carbocycles. The van der Waals surface area contributed by atoms with Gasteiger partial charge >= 0.3 is 5.97 Å². The summed E-state index contributed by atoms with van der Waals surface area (Å²) < 4.78 is 18.7. The fourth-order valence-corrected chi connectivity index (χ4v) is 3.07. The van der Waals surface area contributed by atoms with E-state index in [0.717, 1.165) is 31.2 Å². The lowest BCUT2D eigenvalue weighted by Gasteiger charge is -2.30. The number of carbonyl (C=O) groups is 1. The molecule has 0 bridgehead atoms. The Morgan fingerprint density at radius 2 is 2.05 bits per heavy atom. The number of nitrogens with one attached hydrogen (secondary N) is 1. The van der Waals surface area contributed by atoms with Crippen molar-refractivity contribution >= 4 is 11.7 Å². The maximum Gasteiger partial charge on any atom is 0.328 e. The third-order valence-electron chi connectivity index (χ3n) is 4.03. The lowest BCUT2D eigenvalue weighted by atomic mass is 9.83. The Morgan fingerprint density at radius 1 is 1.33 bits per heavy atom. The number of esters is 1. The average Bonchev–Trinajstić information content (AvgIpc) is 2.45. The van der Waals surface area contributed by atoms with E-state index in [0.29, 0.717) is 12.3 Å². The highest BCUT2D eigenvalue weighted by molar-refractivity contribution is 5.79. The summed E-state index contributed by atoms with van der Waals surface area (Å²) in [6, 6.07) is 4.39. The molecule has 3 nitrogen and oxygen atoms in total. The first-order valence-corrected chi connectivity index (χ1v) is 7.80. The number of rotatable bonds is 5. The van der Waals surface area contributed by atoms with Gasteiger partial charge < -0.3 is 10.1 Å². The molecule has 0 radical (unpaired) electrons. The molecule has 1 fully saturated rings. The Kier molecular flexibility index (Phi) is 5.59. The topological polar surface area (TPSA) is 38.3 Å². The predicted octanol–water partition coefficient (Wildman–Crippen LogP) is 4.06. The standard InChI is InChI=1S/C17H24FNO2/c1-3-21-17(20)16(13-7-5-4-6-8-13)19-15-10-12(2)9-14(18)11-15/h9-11,13,16,19H,3-8H2,1-2H3. The van der Waals surface area contributed by atoms with Crippen molar-refractivity contribution in [3.63, 3.8) is 0 Å². The van der Waals surface area contributed by atoms with Crippen LogP contribution in [-0.4, -0.2) is 18.6 Å². The zero-order chi connectivity index (χ0) is 15.2. The van der Waals surface area contributed by atoms with Crippen molar-refractivity contribution in [2.75, 3.05) is 11.9 Å². The largest absolute Gasteiger partial charge is 0.464 e. The van der Waals surface area contributed by atoms with Crippen molar-refractivity contribution in [1.29, 1.82) is 0 Å². The van der Waals surface area contributed by atoms with Gasteiger partial charge in [0.25, 0.3) is 0 Å². The van der Waals surface area contributed by atoms with Crippen LogP contribution in [0, 0.1) is 18.7 Å². The van der Waals surface area contributed by atoms with Gasteiger partial charge in [0.15, 0.2) is 0 Å². The van der Waals surface area contributed by atoms with E-state index >= 15 is 0 Å². The van der Waals surface area contributed by atoms with Gasteiger partial charge in [-0.05, 0) is 56.4 Å². The molecular formula is C17H24FNO2. The Bertz CT molecular complexity index is 463. The molecule has 0 amide bonds. The van der Waals surface area contributed by atoms with Crippen molar-refractivity contribution in [3.8, 4) is 0 Å². The van der Waals surface area contributed by atoms with Gasteiger partial charge in [-0.2, -0.15) is 0 Å². The van der Waals surface area contributed by atoms with Gasteiger partial charge in [0.2, 0.25) is 0 Å². The van der Waals surface area contributed by atoms with Crippen LogP contribution in [0.15, 0.2) is 18.2 Å². The van der Waals surface area contributed by atoms with E-state index in [1.807, 2.05) is 19.9 Å². The van der Waals surface area contributed by atoms with Crippen LogP contribution in [0.25, 0.3) is 0 Å². The molecule has 1 aliphatic carbocycles. The summed E-state index contributed by atoms with van der Waals surface area (Å²) in [5.41, 5.74) is 1.49. The molecule has 0 aliphatic heterocycles. The maximum absolute atomic E-state index is 13.5. The summed E-state index contributed by atoms with van der Waals surface area (Å²) in [6.07, 6.45) is 5.55. The number of anilines is 1. The van der Waals surface area contributed by atoms with E-state index in [1.54, 1.807) is 0 Å². The van der Waals surface area contributed by atoms with E-state index in [-0.39, 0.29) is 23.7 Å². The summed E-state index contributed by atoms with van der Waals surface area (Å²) in [4.78, 5) is 12.2. The highest BCUT2D eigenvalue weighted by atomic mass is 19.1. The lowest BCUT2D eigenvalue weighted by Crippen LogP contribution is -2.39. The minimum Gasteiger partial charge on any atom is -0.464 e. The molecule has 0 spiro atoms. The van der Waals surface area contributed by atoms with Gasteiger partial charge in [0.05, 0.1) is 6.61 Å². The molecule has 21 heavy (non-hydrogen) atoms. The Labute approximate surface area is 125 Å². The van der Waals surface area contributed by atoms with Gasteiger partial charge in [0.1, 0.15) is 11.9 Å². The van der Waals surface area contributed by atoms with Crippen molar-refractivity contribution in [3.05, 3.63) is 29.6 Å². The fraction of sp³-hybridized carbons (Fsp3) is 0.588. The SMILES string of the molecule is CCOC(=O)C(Nc1cc(C)cc(F)c1)C1CCCCC1. The van der Waals surface area contributed by atoms with Crippen molar-refractivity contribution in [2.24, 2.45) is 5.92 Å². The molecule has 1 atom stereocenters. The van der Waals surface area contributed by atoms with Crippen LogP contribution in [0.4, 0.5) is 10.1 Å². The molecule has 1 aromatic rings. The normalized spacial score (nSPS) is 17.3. The summed E-state index contributed by atoms with van der Waals surface area (Å²) in [7, 11) is 0. The predicted molar refractivity (Wildman–Crippen MR) is 81.8 cm³/mol. The highest BCUT2D eigenvalue weighted by Crippen LogP contribution is 2.29. The average molecular weight is 293 g/mol. The van der Waals surface area contributed by atoms with Crippen molar-refractivity contribution in [1.82, 2.24) is 0 Å². The van der Waals surface area contributed by atoms with Crippen molar-refractivity contribution < 1.29 is 13.9 Å². The van der Waals surface area contributed by atoms with Gasteiger partial charge in [-0.3, -0.25) is 0 Å². The number of hydrogen-bond donors (Lipinski definition) is 1. The first-order valence-electron chi connectivity index (χ1n) is 7.80. The lowest BCUT2D eigenvalue weighted by molar-refractivity contribution is -0.145. The molecule has 1 saturated carbocycles. The maximum atomic E-state index is 13.5. The number of ether oxygens (including phenoxy) is 1. The van der Waals surface area contributed by atoms with Crippen molar-refractivity contribution in [2.45, 2.75) is 52.0 Å². The molecule has 2 rings (SSSR count). The number of halogens is 1. The first-order chi connectivity index (χ1) is 10.1. The zero-order valence-corrected chi connectivity index (χ0v) is 12.8. The molecule has 0 saturated heterocycles. The Morgan fingerprint density at radius 3 is 2.67 bits per heavy atom. The van der Waals surface area contributed by atoms with Crippen LogP contribution in [-0.2, 0) is 9.53 Å². The highest BCUT2D eigenvalue weighted by Gasteiger charge is 2.30. The van der Waals surface area contributed by atoms with E-state index in [4.69, 9.17) is 4.74 Å². The Balaban J connectivity index is 2.15. The summed E-state index contributed by atoms with van der Waals surface area (Å²) in [5.74, 6) is -0.253. The smallest absolute Gasteiger partial charge is 0.328 e. The van der Waals surface area contributed by atoms with E-state index in [9.17, 15) is 9.18 Å². The van der Waals surface area contributed by atoms with Gasteiger partial charge in [0, 0.05) is 5.69 Å². The monoisotopic (exact) mass is 293 g/mol. The number of aryl methyl sites for hydroxylation is 1. The third kappa shape index (κ3) is 4.45. The van der Waals surface area contributed by atoms with Crippen LogP contribution < -0.4 is 5.32 Å². The number of benzene rings is 1. The van der Waals surface area contributed by atoms with Gasteiger partial charge in [-0.1, -0.05) is 19.3 Å². The zero-order valence-electron chi connectivity index (χ0n) is 12.8. The van der Waals surface area contributed by atoms with Crippen LogP contribution in [0.5, 0.6) is 0 Å². The molecule has 116 valence electrons. The molecule has 1 N–H and O–H groups in total. The molecule has 1 unspecified atom stereocenters. The second-order valence-electron chi connectivity index (χ2n) is 5.79. The molecule has 0 heterocycles. The summed E-state index contributed by atoms with van der Waals surface area (Å²) >= 11 is 0. The third-order valence-corrected chi connectivity index (χ3v) is 4.03. The van der Waals surface area contributed by atoms with E-state index in [2.05, 4.69) is 5.32 Å². The molecule has 0 aromatic heterocycles. The molecule has 1 aliphatic rings.